The van der Waals surface area contributed by atoms with Gasteiger partial charge in [0.2, 0.25) is 11.8 Å². The molecule has 0 aromatic heterocycles. The Morgan fingerprint density at radius 2 is 1.64 bits per heavy atom. The molecule has 0 bridgehead atoms. The van der Waals surface area contributed by atoms with Crippen molar-refractivity contribution in [3.8, 4) is 0 Å². The maximum atomic E-state index is 10.8. The molecular weight excluding hydrogens is 144 g/mol. The Morgan fingerprint density at radius 1 is 1.27 bits per heavy atom. The molecule has 0 unspecified atom stereocenters. The van der Waals surface area contributed by atoms with Gasteiger partial charge in [0.1, 0.15) is 5.41 Å². The van der Waals surface area contributed by atoms with E-state index in [-0.39, 0.29) is 0 Å². The summed E-state index contributed by atoms with van der Waals surface area (Å²) < 4.78 is 0. The first-order valence-electron chi connectivity index (χ1n) is 3.55. The lowest BCUT2D eigenvalue weighted by Gasteiger charge is -2.20. The number of amides is 2. The molecule has 0 aliphatic rings. The van der Waals surface area contributed by atoms with Crippen molar-refractivity contribution >= 4 is 11.8 Å². The van der Waals surface area contributed by atoms with E-state index in [1.54, 1.807) is 0 Å². The van der Waals surface area contributed by atoms with Crippen molar-refractivity contribution in [2.75, 3.05) is 0 Å². The van der Waals surface area contributed by atoms with E-state index in [1.165, 1.54) is 6.92 Å². The van der Waals surface area contributed by atoms with Crippen LogP contribution in [-0.2, 0) is 9.59 Å². The number of rotatable bonds is 4. The fraction of sp³-hybridized carbons (Fsp3) is 0.714. The lowest BCUT2D eigenvalue weighted by molar-refractivity contribution is -0.139. The molecular formula is C7H14N2O2. The van der Waals surface area contributed by atoms with Crippen molar-refractivity contribution in [1.82, 2.24) is 0 Å². The second-order valence-electron chi connectivity index (χ2n) is 2.81. The van der Waals surface area contributed by atoms with E-state index in [1.807, 2.05) is 6.92 Å². The number of hydrogen-bond acceptors (Lipinski definition) is 2. The predicted octanol–water partition coefficient (Wildman–Crippen LogP) is -0.237. The Bertz CT molecular complexity index is 163. The van der Waals surface area contributed by atoms with Gasteiger partial charge in [-0.25, -0.2) is 0 Å². The zero-order chi connectivity index (χ0) is 9.07. The minimum absolute atomic E-state index is 0.414. The van der Waals surface area contributed by atoms with Crippen molar-refractivity contribution < 1.29 is 9.59 Å². The van der Waals surface area contributed by atoms with E-state index < -0.39 is 17.2 Å². The molecule has 11 heavy (non-hydrogen) atoms. The minimum Gasteiger partial charge on any atom is -0.369 e. The summed E-state index contributed by atoms with van der Waals surface area (Å²) in [5.41, 5.74) is 8.86. The first-order chi connectivity index (χ1) is 4.95. The van der Waals surface area contributed by atoms with Gasteiger partial charge in [0.25, 0.3) is 0 Å². The molecule has 0 heterocycles. The van der Waals surface area contributed by atoms with E-state index >= 15 is 0 Å². The third-order valence-corrected chi connectivity index (χ3v) is 1.84. The fourth-order valence-electron chi connectivity index (χ4n) is 0.868. The molecule has 0 saturated heterocycles. The van der Waals surface area contributed by atoms with Gasteiger partial charge >= 0.3 is 0 Å². The number of carbonyl (C=O) groups is 2. The molecule has 0 radical (unpaired) electrons. The summed E-state index contributed by atoms with van der Waals surface area (Å²) in [4.78, 5) is 21.5. The Morgan fingerprint density at radius 3 is 1.73 bits per heavy atom. The molecule has 0 aromatic carbocycles. The first-order valence-corrected chi connectivity index (χ1v) is 3.55. The van der Waals surface area contributed by atoms with E-state index in [0.29, 0.717) is 12.8 Å². The van der Waals surface area contributed by atoms with Crippen LogP contribution in [0.2, 0.25) is 0 Å². The van der Waals surface area contributed by atoms with Gasteiger partial charge in [0.15, 0.2) is 0 Å². The highest BCUT2D eigenvalue weighted by atomic mass is 16.2. The quantitative estimate of drug-likeness (QED) is 0.553. The highest BCUT2D eigenvalue weighted by Gasteiger charge is 2.36. The molecule has 0 aromatic rings. The van der Waals surface area contributed by atoms with Crippen molar-refractivity contribution in [3.63, 3.8) is 0 Å². The average Bonchev–Trinajstić information content (AvgIpc) is 1.87. The van der Waals surface area contributed by atoms with Crippen LogP contribution in [0.1, 0.15) is 26.7 Å². The van der Waals surface area contributed by atoms with Crippen LogP contribution in [0.25, 0.3) is 0 Å². The van der Waals surface area contributed by atoms with Crippen molar-refractivity contribution in [1.29, 1.82) is 0 Å². The molecule has 0 spiro atoms. The van der Waals surface area contributed by atoms with Gasteiger partial charge in [-0.05, 0) is 13.3 Å². The van der Waals surface area contributed by atoms with Crippen molar-refractivity contribution in [2.24, 2.45) is 16.9 Å². The smallest absolute Gasteiger partial charge is 0.232 e. The van der Waals surface area contributed by atoms with Gasteiger partial charge in [-0.1, -0.05) is 13.3 Å². The van der Waals surface area contributed by atoms with E-state index in [2.05, 4.69) is 0 Å². The molecule has 0 aliphatic heterocycles. The molecule has 0 saturated carbocycles. The summed E-state index contributed by atoms with van der Waals surface area (Å²) in [6.45, 7) is 3.34. The summed E-state index contributed by atoms with van der Waals surface area (Å²) in [7, 11) is 0. The Kier molecular flexibility index (Phi) is 3.04. The third kappa shape index (κ3) is 1.93. The van der Waals surface area contributed by atoms with Gasteiger partial charge in [0.05, 0.1) is 0 Å². The number of hydrogen-bond donors (Lipinski definition) is 2. The van der Waals surface area contributed by atoms with Crippen LogP contribution in [0, 0.1) is 5.41 Å². The molecule has 4 heteroatoms. The molecule has 0 rings (SSSR count). The van der Waals surface area contributed by atoms with Crippen LogP contribution >= 0.6 is 0 Å². The summed E-state index contributed by atoms with van der Waals surface area (Å²) in [5, 5.41) is 0. The van der Waals surface area contributed by atoms with E-state index in [9.17, 15) is 9.59 Å². The lowest BCUT2D eigenvalue weighted by atomic mass is 9.84. The van der Waals surface area contributed by atoms with Crippen molar-refractivity contribution in [3.05, 3.63) is 0 Å². The third-order valence-electron chi connectivity index (χ3n) is 1.84. The number of nitrogens with two attached hydrogens (primary N) is 2. The zero-order valence-electron chi connectivity index (χ0n) is 6.89. The average molecular weight is 158 g/mol. The standard InChI is InChI=1S/C7H14N2O2/c1-3-4-7(2,5(8)10)6(9)11/h3-4H2,1-2H3,(H2,8,10)(H2,9,11). The summed E-state index contributed by atoms with van der Waals surface area (Å²) in [6, 6.07) is 0. The number of carbonyl (C=O) groups excluding carboxylic acids is 2. The minimum atomic E-state index is -1.17. The van der Waals surface area contributed by atoms with Crippen LogP contribution in [0.3, 0.4) is 0 Å². The highest BCUT2D eigenvalue weighted by Crippen LogP contribution is 2.21. The second kappa shape index (κ2) is 3.37. The molecule has 4 nitrogen and oxygen atoms in total. The van der Waals surface area contributed by atoms with Gasteiger partial charge in [-0.2, -0.15) is 0 Å². The van der Waals surface area contributed by atoms with E-state index in [4.69, 9.17) is 11.5 Å². The lowest BCUT2D eigenvalue weighted by Crippen LogP contribution is -2.45. The zero-order valence-corrected chi connectivity index (χ0v) is 6.89. The van der Waals surface area contributed by atoms with Crippen LogP contribution < -0.4 is 11.5 Å². The molecule has 0 aliphatic carbocycles. The maximum Gasteiger partial charge on any atom is 0.232 e. The van der Waals surface area contributed by atoms with Crippen LogP contribution in [0.15, 0.2) is 0 Å². The Hall–Kier alpha value is -1.06. The topological polar surface area (TPSA) is 86.2 Å². The SMILES string of the molecule is CCCC(C)(C(N)=O)C(N)=O. The van der Waals surface area contributed by atoms with Gasteiger partial charge in [0, 0.05) is 0 Å². The Labute approximate surface area is 65.9 Å². The van der Waals surface area contributed by atoms with Crippen LogP contribution in [0.4, 0.5) is 0 Å². The molecule has 2 amide bonds. The Balaban J connectivity index is 4.52. The summed E-state index contributed by atoms with van der Waals surface area (Å²) >= 11 is 0. The first kappa shape index (κ1) is 9.94. The maximum absolute atomic E-state index is 10.8. The molecule has 64 valence electrons. The monoisotopic (exact) mass is 158 g/mol. The summed E-state index contributed by atoms with van der Waals surface area (Å²) in [6.07, 6.45) is 1.13. The largest absolute Gasteiger partial charge is 0.369 e. The van der Waals surface area contributed by atoms with Crippen molar-refractivity contribution in [2.45, 2.75) is 26.7 Å². The van der Waals surface area contributed by atoms with Crippen LogP contribution in [0.5, 0.6) is 0 Å². The normalized spacial score (nSPS) is 11.1. The highest BCUT2D eigenvalue weighted by molar-refractivity contribution is 6.03. The number of primary amides is 2. The van der Waals surface area contributed by atoms with E-state index in [0.717, 1.165) is 0 Å². The van der Waals surface area contributed by atoms with Gasteiger partial charge in [-0.15, -0.1) is 0 Å². The van der Waals surface area contributed by atoms with Crippen LogP contribution in [-0.4, -0.2) is 11.8 Å². The van der Waals surface area contributed by atoms with Gasteiger partial charge in [-0.3, -0.25) is 9.59 Å². The fourth-order valence-corrected chi connectivity index (χ4v) is 0.868. The summed E-state index contributed by atoms with van der Waals surface area (Å²) in [5.74, 6) is -1.29. The molecule has 4 N–H and O–H groups in total. The predicted molar refractivity (Wildman–Crippen MR) is 41.4 cm³/mol. The van der Waals surface area contributed by atoms with Gasteiger partial charge < -0.3 is 11.5 Å². The second-order valence-corrected chi connectivity index (χ2v) is 2.81. The molecule has 0 atom stereocenters. The molecule has 0 fully saturated rings.